The SMILES string of the molecule is O=C(O)C(F)(F)F.O=C(O)C(F)(F)F.c1ccc(CN2CCC(c3nc4ccc(-c5ccncc5)cn4n3)C2)nc1. The second-order valence-corrected chi connectivity index (χ2v) is 8.57. The second-order valence-electron chi connectivity index (χ2n) is 8.57. The number of halogens is 6. The van der Waals surface area contributed by atoms with Crippen molar-refractivity contribution < 1.29 is 46.1 Å². The molecule has 0 bridgehead atoms. The molecule has 0 amide bonds. The number of carbonyl (C=O) groups is 2. The topological polar surface area (TPSA) is 134 Å². The predicted molar refractivity (Wildman–Crippen MR) is 130 cm³/mol. The molecule has 1 aliphatic rings. The number of hydrogen-bond donors (Lipinski definition) is 2. The number of fused-ring (bicyclic) bond motifs is 1. The van der Waals surface area contributed by atoms with E-state index in [1.54, 1.807) is 12.4 Å². The highest BCUT2D eigenvalue weighted by Crippen LogP contribution is 2.27. The Bertz CT molecular complexity index is 1420. The van der Waals surface area contributed by atoms with Crippen LogP contribution in [-0.2, 0) is 16.1 Å². The molecule has 2 N–H and O–H groups in total. The van der Waals surface area contributed by atoms with E-state index in [1.807, 2.05) is 47.2 Å². The highest BCUT2D eigenvalue weighted by atomic mass is 19.4. The summed E-state index contributed by atoms with van der Waals surface area (Å²) in [6, 6.07) is 14.2. The minimum Gasteiger partial charge on any atom is -0.475 e. The van der Waals surface area contributed by atoms with Crippen molar-refractivity contribution in [1.82, 2.24) is 29.5 Å². The van der Waals surface area contributed by atoms with Crippen molar-refractivity contribution >= 4 is 17.6 Å². The first-order valence-corrected chi connectivity index (χ1v) is 11.7. The lowest BCUT2D eigenvalue weighted by Crippen LogP contribution is -2.21. The Morgan fingerprint density at radius 1 is 0.878 bits per heavy atom. The van der Waals surface area contributed by atoms with E-state index in [1.165, 1.54) is 0 Å². The molecule has 218 valence electrons. The summed E-state index contributed by atoms with van der Waals surface area (Å²) in [5.74, 6) is -4.21. The van der Waals surface area contributed by atoms with E-state index in [4.69, 9.17) is 29.9 Å². The maximum Gasteiger partial charge on any atom is 0.490 e. The van der Waals surface area contributed by atoms with E-state index >= 15 is 0 Å². The van der Waals surface area contributed by atoms with Crippen LogP contribution in [0.3, 0.4) is 0 Å². The first-order valence-electron chi connectivity index (χ1n) is 11.7. The van der Waals surface area contributed by atoms with E-state index in [0.717, 1.165) is 54.3 Å². The molecule has 0 saturated carbocycles. The third-order valence-corrected chi connectivity index (χ3v) is 5.60. The smallest absolute Gasteiger partial charge is 0.475 e. The molecule has 5 heterocycles. The Kier molecular flexibility index (Phi) is 9.94. The van der Waals surface area contributed by atoms with E-state index in [-0.39, 0.29) is 0 Å². The number of nitrogens with zero attached hydrogens (tertiary/aromatic N) is 6. The molecule has 1 fully saturated rings. The fourth-order valence-corrected chi connectivity index (χ4v) is 3.70. The quantitative estimate of drug-likeness (QED) is 0.334. The van der Waals surface area contributed by atoms with Crippen LogP contribution in [0.2, 0.25) is 0 Å². The Morgan fingerprint density at radius 3 is 2.07 bits per heavy atom. The zero-order valence-corrected chi connectivity index (χ0v) is 20.9. The molecule has 0 aliphatic carbocycles. The number of alkyl halides is 6. The van der Waals surface area contributed by atoms with Crippen molar-refractivity contribution in [3.63, 3.8) is 0 Å². The highest BCUT2D eigenvalue weighted by molar-refractivity contribution is 5.73. The van der Waals surface area contributed by atoms with Crippen molar-refractivity contribution in [3.05, 3.63) is 78.8 Å². The van der Waals surface area contributed by atoms with Gasteiger partial charge < -0.3 is 10.2 Å². The number of carboxylic acid groups (broad SMARTS) is 2. The van der Waals surface area contributed by atoms with E-state index in [9.17, 15) is 26.3 Å². The van der Waals surface area contributed by atoms with Crippen LogP contribution in [0, 0.1) is 0 Å². The molecule has 1 aliphatic heterocycles. The number of aliphatic carboxylic acids is 2. The van der Waals surface area contributed by atoms with Crippen molar-refractivity contribution in [1.29, 1.82) is 0 Å². The lowest BCUT2D eigenvalue weighted by Gasteiger charge is -2.14. The Morgan fingerprint density at radius 2 is 1.51 bits per heavy atom. The van der Waals surface area contributed by atoms with Crippen LogP contribution >= 0.6 is 0 Å². The summed E-state index contributed by atoms with van der Waals surface area (Å²) in [7, 11) is 0. The lowest BCUT2D eigenvalue weighted by molar-refractivity contribution is -0.193. The summed E-state index contributed by atoms with van der Waals surface area (Å²) >= 11 is 0. The molecule has 4 aromatic rings. The fourth-order valence-electron chi connectivity index (χ4n) is 3.70. The molecule has 0 aromatic carbocycles. The molecule has 16 heteroatoms. The van der Waals surface area contributed by atoms with Gasteiger partial charge in [-0.15, -0.1) is 0 Å². The van der Waals surface area contributed by atoms with Gasteiger partial charge in [0, 0.05) is 49.4 Å². The van der Waals surface area contributed by atoms with Gasteiger partial charge in [0.05, 0.1) is 5.69 Å². The van der Waals surface area contributed by atoms with E-state index < -0.39 is 24.3 Å². The van der Waals surface area contributed by atoms with Crippen LogP contribution in [0.1, 0.15) is 23.9 Å². The maximum atomic E-state index is 10.6. The molecule has 0 radical (unpaired) electrons. The minimum atomic E-state index is -5.08. The monoisotopic (exact) mass is 584 g/mol. The summed E-state index contributed by atoms with van der Waals surface area (Å²) in [6.07, 6.45) is -1.57. The van der Waals surface area contributed by atoms with Gasteiger partial charge in [0.25, 0.3) is 0 Å². The van der Waals surface area contributed by atoms with Crippen molar-refractivity contribution in [2.24, 2.45) is 0 Å². The van der Waals surface area contributed by atoms with E-state index in [0.29, 0.717) is 5.92 Å². The van der Waals surface area contributed by atoms with Crippen molar-refractivity contribution in [2.45, 2.75) is 31.2 Å². The minimum absolute atomic E-state index is 0.373. The standard InChI is InChI=1S/C21H20N6.2C2HF3O2/c1-2-9-23-19(3-1)15-26-12-8-18(13-26)21-24-20-5-4-17(14-27(20)25-21)16-6-10-22-11-7-16;2*3-2(4,5)1(6)7/h1-7,9-11,14,18H,8,12-13,15H2;2*(H,6,7). The largest absolute Gasteiger partial charge is 0.490 e. The number of likely N-dealkylation sites (tertiary alicyclic amines) is 1. The number of hydrogen-bond acceptors (Lipinski definition) is 7. The molecular formula is C25H22F6N6O4. The molecule has 5 rings (SSSR count). The Balaban J connectivity index is 0.000000276. The first-order chi connectivity index (χ1) is 19.2. The lowest BCUT2D eigenvalue weighted by atomic mass is 10.1. The van der Waals surface area contributed by atoms with Crippen LogP contribution in [0.25, 0.3) is 16.8 Å². The summed E-state index contributed by atoms with van der Waals surface area (Å²) in [4.78, 5) is 33.5. The molecule has 1 saturated heterocycles. The van der Waals surface area contributed by atoms with Gasteiger partial charge in [-0.05, 0) is 54.9 Å². The molecule has 1 atom stereocenters. The van der Waals surface area contributed by atoms with Gasteiger partial charge in [0.15, 0.2) is 11.5 Å². The van der Waals surface area contributed by atoms with Crippen LogP contribution in [0.15, 0.2) is 67.3 Å². The van der Waals surface area contributed by atoms with Gasteiger partial charge in [0.2, 0.25) is 0 Å². The summed E-state index contributed by atoms with van der Waals surface area (Å²) in [6.45, 7) is 2.92. The second kappa shape index (κ2) is 13.2. The van der Waals surface area contributed by atoms with Gasteiger partial charge in [-0.2, -0.15) is 31.4 Å². The van der Waals surface area contributed by atoms with Crippen LogP contribution in [-0.4, -0.2) is 77.1 Å². The van der Waals surface area contributed by atoms with Gasteiger partial charge in [0.1, 0.15) is 0 Å². The Labute approximate surface area is 227 Å². The van der Waals surface area contributed by atoms with Crippen LogP contribution in [0.4, 0.5) is 26.3 Å². The van der Waals surface area contributed by atoms with Gasteiger partial charge in [-0.1, -0.05) is 6.07 Å². The maximum absolute atomic E-state index is 10.6. The van der Waals surface area contributed by atoms with Crippen molar-refractivity contribution in [2.75, 3.05) is 13.1 Å². The zero-order valence-electron chi connectivity index (χ0n) is 20.9. The summed E-state index contributed by atoms with van der Waals surface area (Å²) < 4.78 is 65.4. The Hall–Kier alpha value is -4.60. The average Bonchev–Trinajstić information content (AvgIpc) is 3.56. The summed E-state index contributed by atoms with van der Waals surface area (Å²) in [5.41, 5.74) is 4.25. The van der Waals surface area contributed by atoms with Crippen molar-refractivity contribution in [3.8, 4) is 11.1 Å². The van der Waals surface area contributed by atoms with E-state index in [2.05, 4.69) is 27.0 Å². The van der Waals surface area contributed by atoms with Gasteiger partial charge in [-0.25, -0.2) is 19.1 Å². The van der Waals surface area contributed by atoms with Crippen LogP contribution < -0.4 is 0 Å². The number of pyridine rings is 3. The molecule has 1 unspecified atom stereocenters. The highest BCUT2D eigenvalue weighted by Gasteiger charge is 2.38. The van der Waals surface area contributed by atoms with Crippen LogP contribution in [0.5, 0.6) is 0 Å². The normalized spacial score (nSPS) is 15.4. The number of rotatable bonds is 4. The molecule has 0 spiro atoms. The molecule has 4 aromatic heterocycles. The average molecular weight is 584 g/mol. The summed E-state index contributed by atoms with van der Waals surface area (Å²) in [5, 5.41) is 19.0. The van der Waals surface area contributed by atoms with Gasteiger partial charge >= 0.3 is 24.3 Å². The third kappa shape index (κ3) is 9.23. The first kappa shape index (κ1) is 30.9. The number of carboxylic acids is 2. The van der Waals surface area contributed by atoms with Gasteiger partial charge in [-0.3, -0.25) is 14.9 Å². The number of aromatic nitrogens is 5. The molecular weight excluding hydrogens is 562 g/mol. The zero-order chi connectivity index (χ0) is 30.2. The molecule has 41 heavy (non-hydrogen) atoms. The third-order valence-electron chi connectivity index (χ3n) is 5.60. The molecule has 10 nitrogen and oxygen atoms in total. The predicted octanol–water partition coefficient (Wildman–Crippen LogP) is 4.44. The fraction of sp³-hybridized carbons (Fsp3) is 0.280.